The summed E-state index contributed by atoms with van der Waals surface area (Å²) in [5.74, 6) is -0.0674. The fourth-order valence-corrected chi connectivity index (χ4v) is 3.55. The smallest absolute Gasteiger partial charge is 0.251 e. The number of nitrogens with zero attached hydrogens (tertiary/aromatic N) is 1. The van der Waals surface area contributed by atoms with Crippen molar-refractivity contribution in [3.8, 4) is 0 Å². The number of aryl methyl sites for hydroxylation is 4. The van der Waals surface area contributed by atoms with Gasteiger partial charge in [-0.25, -0.2) is 0 Å². The molecule has 0 spiro atoms. The molecule has 0 aliphatic carbocycles. The summed E-state index contributed by atoms with van der Waals surface area (Å²) < 4.78 is 1.69. The Morgan fingerprint density at radius 1 is 1.00 bits per heavy atom. The first-order valence-corrected chi connectivity index (χ1v) is 9.55. The Balaban J connectivity index is 1.82. The van der Waals surface area contributed by atoms with Crippen molar-refractivity contribution in [3.05, 3.63) is 75.6 Å². The number of para-hydroxylation sites is 2. The van der Waals surface area contributed by atoms with E-state index in [1.807, 2.05) is 49.4 Å². The number of hydrogen-bond acceptors (Lipinski definition) is 2. The van der Waals surface area contributed by atoms with Crippen molar-refractivity contribution in [2.24, 2.45) is 0 Å². The van der Waals surface area contributed by atoms with Gasteiger partial charge in [-0.05, 0) is 42.5 Å². The molecule has 27 heavy (non-hydrogen) atoms. The Morgan fingerprint density at radius 3 is 2.33 bits per heavy atom. The van der Waals surface area contributed by atoms with Crippen LogP contribution in [0.1, 0.15) is 37.0 Å². The number of benzene rings is 2. The van der Waals surface area contributed by atoms with Crippen LogP contribution >= 0.6 is 0 Å². The van der Waals surface area contributed by atoms with Crippen molar-refractivity contribution in [3.63, 3.8) is 0 Å². The lowest BCUT2D eigenvalue weighted by Crippen LogP contribution is -2.24. The van der Waals surface area contributed by atoms with Gasteiger partial charge in [0.25, 0.3) is 5.56 Å². The van der Waals surface area contributed by atoms with Crippen molar-refractivity contribution in [1.29, 1.82) is 0 Å². The molecule has 0 bridgehead atoms. The molecule has 1 N–H and O–H groups in total. The molecular formula is C23H26N2O2. The minimum Gasteiger partial charge on any atom is -0.326 e. The van der Waals surface area contributed by atoms with Crippen LogP contribution in [-0.4, -0.2) is 10.5 Å². The van der Waals surface area contributed by atoms with Gasteiger partial charge in [-0.3, -0.25) is 9.59 Å². The van der Waals surface area contributed by atoms with Crippen molar-refractivity contribution >= 4 is 22.5 Å². The van der Waals surface area contributed by atoms with Crippen LogP contribution in [-0.2, 0) is 24.2 Å². The van der Waals surface area contributed by atoms with E-state index >= 15 is 0 Å². The van der Waals surface area contributed by atoms with E-state index in [9.17, 15) is 9.59 Å². The second-order valence-electron chi connectivity index (χ2n) is 6.79. The van der Waals surface area contributed by atoms with Gasteiger partial charge in [0, 0.05) is 30.1 Å². The molecule has 0 aliphatic heterocycles. The topological polar surface area (TPSA) is 51.1 Å². The largest absolute Gasteiger partial charge is 0.326 e. The van der Waals surface area contributed by atoms with Gasteiger partial charge in [-0.2, -0.15) is 0 Å². The third-order valence-electron chi connectivity index (χ3n) is 5.05. The van der Waals surface area contributed by atoms with Crippen LogP contribution in [0.5, 0.6) is 0 Å². The standard InChI is InChI=1S/C23H26N2O2/c1-4-17-9-8-10-18(5-2)23(17)24-21(26)13-14-25-20-12-7-6-11-19(20)16(3)15-22(25)27/h6-12,15H,4-5,13-14H2,1-3H3,(H,24,26). The summed E-state index contributed by atoms with van der Waals surface area (Å²) >= 11 is 0. The summed E-state index contributed by atoms with van der Waals surface area (Å²) in [5.41, 5.74) is 4.97. The van der Waals surface area contributed by atoms with Gasteiger partial charge in [0.05, 0.1) is 5.52 Å². The first kappa shape index (κ1) is 18.9. The van der Waals surface area contributed by atoms with E-state index in [4.69, 9.17) is 0 Å². The lowest BCUT2D eigenvalue weighted by molar-refractivity contribution is -0.116. The number of nitrogens with one attached hydrogen (secondary N) is 1. The summed E-state index contributed by atoms with van der Waals surface area (Å²) in [6.07, 6.45) is 1.99. The van der Waals surface area contributed by atoms with Gasteiger partial charge in [-0.1, -0.05) is 50.2 Å². The Hall–Kier alpha value is -2.88. The lowest BCUT2D eigenvalue weighted by atomic mass is 10.0. The molecule has 0 radical (unpaired) electrons. The Morgan fingerprint density at radius 2 is 1.67 bits per heavy atom. The third-order valence-corrected chi connectivity index (χ3v) is 5.05. The molecule has 4 heteroatoms. The first-order valence-electron chi connectivity index (χ1n) is 9.55. The van der Waals surface area contributed by atoms with Crippen LogP contribution in [0.3, 0.4) is 0 Å². The van der Waals surface area contributed by atoms with Crippen LogP contribution < -0.4 is 10.9 Å². The summed E-state index contributed by atoms with van der Waals surface area (Å²) in [4.78, 5) is 25.1. The highest BCUT2D eigenvalue weighted by Gasteiger charge is 2.12. The Labute approximate surface area is 159 Å². The predicted octanol–water partition coefficient (Wildman–Crippen LogP) is 4.46. The fourth-order valence-electron chi connectivity index (χ4n) is 3.55. The van der Waals surface area contributed by atoms with E-state index in [0.29, 0.717) is 6.54 Å². The highest BCUT2D eigenvalue weighted by atomic mass is 16.1. The average molecular weight is 362 g/mol. The Kier molecular flexibility index (Phi) is 5.75. The molecule has 3 aromatic rings. The maximum absolute atomic E-state index is 12.6. The van der Waals surface area contributed by atoms with E-state index in [0.717, 1.165) is 46.1 Å². The summed E-state index contributed by atoms with van der Waals surface area (Å²) in [6.45, 7) is 6.47. The highest BCUT2D eigenvalue weighted by Crippen LogP contribution is 2.23. The number of hydrogen-bond donors (Lipinski definition) is 1. The summed E-state index contributed by atoms with van der Waals surface area (Å²) in [5, 5.41) is 4.12. The van der Waals surface area contributed by atoms with E-state index in [-0.39, 0.29) is 17.9 Å². The Bertz CT molecular complexity index is 1010. The van der Waals surface area contributed by atoms with Gasteiger partial charge in [0.15, 0.2) is 0 Å². The number of anilines is 1. The van der Waals surface area contributed by atoms with Crippen molar-refractivity contribution < 1.29 is 4.79 Å². The molecular weight excluding hydrogens is 336 g/mol. The minimum atomic E-state index is -0.0674. The minimum absolute atomic E-state index is 0.0674. The number of rotatable bonds is 6. The van der Waals surface area contributed by atoms with Gasteiger partial charge in [-0.15, -0.1) is 0 Å². The second kappa shape index (κ2) is 8.21. The molecule has 0 atom stereocenters. The molecule has 2 aromatic carbocycles. The van der Waals surface area contributed by atoms with Crippen LogP contribution in [0.25, 0.3) is 10.9 Å². The molecule has 4 nitrogen and oxygen atoms in total. The predicted molar refractivity (Wildman–Crippen MR) is 111 cm³/mol. The molecule has 0 saturated heterocycles. The van der Waals surface area contributed by atoms with Gasteiger partial charge in [0.1, 0.15) is 0 Å². The number of amides is 1. The van der Waals surface area contributed by atoms with Crippen LogP contribution in [0.15, 0.2) is 53.3 Å². The molecule has 1 heterocycles. The number of fused-ring (bicyclic) bond motifs is 1. The number of aromatic nitrogens is 1. The molecule has 1 aromatic heterocycles. The number of carbonyl (C=O) groups excluding carboxylic acids is 1. The maximum atomic E-state index is 12.6. The molecule has 3 rings (SSSR count). The highest BCUT2D eigenvalue weighted by molar-refractivity contribution is 5.92. The van der Waals surface area contributed by atoms with Crippen molar-refractivity contribution in [2.45, 2.75) is 46.6 Å². The zero-order valence-corrected chi connectivity index (χ0v) is 16.2. The van der Waals surface area contributed by atoms with Gasteiger partial charge in [0.2, 0.25) is 5.91 Å². The quantitative estimate of drug-likeness (QED) is 0.704. The van der Waals surface area contributed by atoms with Crippen LogP contribution in [0, 0.1) is 6.92 Å². The molecule has 140 valence electrons. The van der Waals surface area contributed by atoms with Crippen LogP contribution in [0.4, 0.5) is 5.69 Å². The van der Waals surface area contributed by atoms with E-state index < -0.39 is 0 Å². The molecule has 0 saturated carbocycles. The zero-order valence-electron chi connectivity index (χ0n) is 16.2. The first-order chi connectivity index (χ1) is 13.0. The SMILES string of the molecule is CCc1cccc(CC)c1NC(=O)CCn1c(=O)cc(C)c2ccccc21. The molecule has 0 aliphatic rings. The van der Waals surface area contributed by atoms with Crippen LogP contribution in [0.2, 0.25) is 0 Å². The van der Waals surface area contributed by atoms with E-state index in [2.05, 4.69) is 19.2 Å². The lowest BCUT2D eigenvalue weighted by Gasteiger charge is -2.15. The van der Waals surface area contributed by atoms with Crippen molar-refractivity contribution in [2.75, 3.05) is 5.32 Å². The molecule has 0 unspecified atom stereocenters. The average Bonchev–Trinajstić information content (AvgIpc) is 2.68. The van der Waals surface area contributed by atoms with Gasteiger partial charge < -0.3 is 9.88 Å². The van der Waals surface area contributed by atoms with E-state index in [1.165, 1.54) is 0 Å². The van der Waals surface area contributed by atoms with Crippen molar-refractivity contribution in [1.82, 2.24) is 4.57 Å². The zero-order chi connectivity index (χ0) is 19.4. The summed E-state index contributed by atoms with van der Waals surface area (Å²) in [6, 6.07) is 15.6. The second-order valence-corrected chi connectivity index (χ2v) is 6.79. The molecule has 0 fully saturated rings. The number of pyridine rings is 1. The molecule has 1 amide bonds. The maximum Gasteiger partial charge on any atom is 0.251 e. The fraction of sp³-hybridized carbons (Fsp3) is 0.304. The number of carbonyl (C=O) groups is 1. The summed E-state index contributed by atoms with van der Waals surface area (Å²) in [7, 11) is 0. The third kappa shape index (κ3) is 3.95. The van der Waals surface area contributed by atoms with Gasteiger partial charge >= 0.3 is 0 Å². The normalized spacial score (nSPS) is 10.9. The monoisotopic (exact) mass is 362 g/mol. The van der Waals surface area contributed by atoms with E-state index in [1.54, 1.807) is 10.6 Å².